The van der Waals surface area contributed by atoms with Crippen molar-refractivity contribution in [3.05, 3.63) is 23.8 Å². The Labute approximate surface area is 112 Å². The predicted octanol–water partition coefficient (Wildman–Crippen LogP) is 0.146. The first-order valence-corrected chi connectivity index (χ1v) is 6.72. The number of carbonyl (C=O) groups is 1. The van der Waals surface area contributed by atoms with Crippen molar-refractivity contribution in [3.8, 4) is 5.75 Å². The number of nitrogens with zero attached hydrogens (tertiary/aromatic N) is 1. The van der Waals surface area contributed by atoms with Gasteiger partial charge in [-0.2, -0.15) is 0 Å². The van der Waals surface area contributed by atoms with Crippen LogP contribution in [0, 0.1) is 0 Å². The summed E-state index contributed by atoms with van der Waals surface area (Å²) in [5.41, 5.74) is 2.15. The maximum Gasteiger partial charge on any atom is 0.265 e. The molecule has 2 heterocycles. The van der Waals surface area contributed by atoms with Crippen LogP contribution in [-0.4, -0.2) is 45.2 Å². The number of rotatable bonds is 4. The van der Waals surface area contributed by atoms with Gasteiger partial charge >= 0.3 is 0 Å². The fourth-order valence-corrected chi connectivity index (χ4v) is 2.50. The Kier molecular flexibility index (Phi) is 3.40. The van der Waals surface area contributed by atoms with Gasteiger partial charge in [0.1, 0.15) is 5.75 Å². The zero-order chi connectivity index (χ0) is 13.2. The smallest absolute Gasteiger partial charge is 0.265 e. The summed E-state index contributed by atoms with van der Waals surface area (Å²) in [6.45, 7) is 2.82. The Morgan fingerprint density at radius 3 is 3.00 bits per heavy atom. The Morgan fingerprint density at radius 1 is 1.47 bits per heavy atom. The molecule has 0 aliphatic carbocycles. The Balaban J connectivity index is 1.90. The molecule has 2 aliphatic heterocycles. The van der Waals surface area contributed by atoms with Crippen LogP contribution in [0.25, 0.3) is 0 Å². The number of benzene rings is 1. The third-order valence-corrected chi connectivity index (χ3v) is 3.69. The first kappa shape index (κ1) is 12.4. The van der Waals surface area contributed by atoms with Gasteiger partial charge in [-0.15, -0.1) is 0 Å². The number of fused-ring (bicyclic) bond motifs is 1. The summed E-state index contributed by atoms with van der Waals surface area (Å²) >= 11 is 0. The van der Waals surface area contributed by atoms with Crippen LogP contribution in [0.3, 0.4) is 0 Å². The van der Waals surface area contributed by atoms with Gasteiger partial charge < -0.3 is 20.3 Å². The van der Waals surface area contributed by atoms with Gasteiger partial charge in [0.15, 0.2) is 6.61 Å². The molecule has 0 saturated carbocycles. The highest BCUT2D eigenvalue weighted by Crippen LogP contribution is 2.35. The molecule has 1 fully saturated rings. The molecule has 0 bridgehead atoms. The fourth-order valence-electron chi connectivity index (χ4n) is 2.50. The molecule has 0 aromatic heterocycles. The molecule has 1 amide bonds. The highest BCUT2D eigenvalue weighted by molar-refractivity contribution is 5.98. The van der Waals surface area contributed by atoms with Crippen molar-refractivity contribution in [2.75, 3.05) is 38.2 Å². The second kappa shape index (κ2) is 5.19. The molecule has 5 nitrogen and oxygen atoms in total. The van der Waals surface area contributed by atoms with E-state index in [1.54, 1.807) is 0 Å². The third-order valence-electron chi connectivity index (χ3n) is 3.69. The topological polar surface area (TPSA) is 53.6 Å². The molecule has 102 valence electrons. The van der Waals surface area contributed by atoms with Crippen molar-refractivity contribution in [2.24, 2.45) is 0 Å². The van der Waals surface area contributed by atoms with Crippen molar-refractivity contribution >= 4 is 11.6 Å². The Morgan fingerprint density at radius 2 is 2.32 bits per heavy atom. The lowest BCUT2D eigenvalue weighted by Gasteiger charge is -2.41. The van der Waals surface area contributed by atoms with Gasteiger partial charge in [-0.1, -0.05) is 6.07 Å². The zero-order valence-corrected chi connectivity index (χ0v) is 11.1. The van der Waals surface area contributed by atoms with E-state index < -0.39 is 0 Å². The predicted molar refractivity (Wildman–Crippen MR) is 73.7 cm³/mol. The SMILES string of the molecule is CNCCc1ccc2c(c1)N(C1CNC1)C(=O)CO2. The van der Waals surface area contributed by atoms with E-state index in [1.165, 1.54) is 5.56 Å². The normalized spacial score (nSPS) is 18.8. The number of nitrogens with one attached hydrogen (secondary N) is 2. The van der Waals surface area contributed by atoms with E-state index in [0.717, 1.165) is 37.5 Å². The van der Waals surface area contributed by atoms with Crippen molar-refractivity contribution < 1.29 is 9.53 Å². The Bertz CT molecular complexity index is 486. The third kappa shape index (κ3) is 2.31. The zero-order valence-electron chi connectivity index (χ0n) is 11.1. The summed E-state index contributed by atoms with van der Waals surface area (Å²) < 4.78 is 5.52. The average Bonchev–Trinajstić information content (AvgIpc) is 2.37. The molecule has 5 heteroatoms. The number of anilines is 1. The van der Waals surface area contributed by atoms with Crippen LogP contribution >= 0.6 is 0 Å². The molecule has 1 aromatic carbocycles. The fraction of sp³-hybridized carbons (Fsp3) is 0.500. The van der Waals surface area contributed by atoms with Crippen LogP contribution in [0.15, 0.2) is 18.2 Å². The lowest BCUT2D eigenvalue weighted by Crippen LogP contribution is -2.61. The minimum atomic E-state index is 0.0600. The summed E-state index contributed by atoms with van der Waals surface area (Å²) in [6.07, 6.45) is 0.953. The summed E-state index contributed by atoms with van der Waals surface area (Å²) in [5.74, 6) is 0.879. The first-order chi connectivity index (χ1) is 9.29. The van der Waals surface area contributed by atoms with E-state index >= 15 is 0 Å². The molecule has 0 atom stereocenters. The minimum absolute atomic E-state index is 0.0600. The van der Waals surface area contributed by atoms with Gasteiger partial charge in [-0.05, 0) is 37.7 Å². The molecule has 0 spiro atoms. The number of hydrogen-bond donors (Lipinski definition) is 2. The van der Waals surface area contributed by atoms with Crippen LogP contribution in [0.2, 0.25) is 0 Å². The van der Waals surface area contributed by atoms with Crippen LogP contribution in [-0.2, 0) is 11.2 Å². The molecule has 0 unspecified atom stereocenters. The first-order valence-electron chi connectivity index (χ1n) is 6.72. The van der Waals surface area contributed by atoms with E-state index in [2.05, 4.69) is 22.8 Å². The molecule has 19 heavy (non-hydrogen) atoms. The summed E-state index contributed by atoms with van der Waals surface area (Å²) in [7, 11) is 1.94. The van der Waals surface area contributed by atoms with E-state index in [0.29, 0.717) is 0 Å². The molecular weight excluding hydrogens is 242 g/mol. The summed E-state index contributed by atoms with van der Waals surface area (Å²) in [5, 5.41) is 6.35. The highest BCUT2D eigenvalue weighted by Gasteiger charge is 2.34. The minimum Gasteiger partial charge on any atom is -0.482 e. The summed E-state index contributed by atoms with van der Waals surface area (Å²) in [6, 6.07) is 6.41. The lowest BCUT2D eigenvalue weighted by molar-refractivity contribution is -0.122. The van der Waals surface area contributed by atoms with Gasteiger partial charge in [0.25, 0.3) is 5.91 Å². The van der Waals surface area contributed by atoms with Crippen LogP contribution in [0.1, 0.15) is 5.56 Å². The molecular formula is C14H19N3O2. The molecule has 2 N–H and O–H groups in total. The quantitative estimate of drug-likeness (QED) is 0.810. The largest absolute Gasteiger partial charge is 0.482 e. The van der Waals surface area contributed by atoms with Gasteiger partial charge in [-0.25, -0.2) is 0 Å². The van der Waals surface area contributed by atoms with Crippen molar-refractivity contribution in [2.45, 2.75) is 12.5 Å². The second-order valence-corrected chi connectivity index (χ2v) is 5.02. The van der Waals surface area contributed by atoms with Crippen LogP contribution in [0.5, 0.6) is 5.75 Å². The van der Waals surface area contributed by atoms with E-state index in [9.17, 15) is 4.79 Å². The van der Waals surface area contributed by atoms with Crippen molar-refractivity contribution in [3.63, 3.8) is 0 Å². The Hall–Kier alpha value is -1.59. The second-order valence-electron chi connectivity index (χ2n) is 5.02. The van der Waals surface area contributed by atoms with E-state index in [-0.39, 0.29) is 18.6 Å². The summed E-state index contributed by atoms with van der Waals surface area (Å²) in [4.78, 5) is 14.0. The van der Waals surface area contributed by atoms with Gasteiger partial charge in [0.2, 0.25) is 0 Å². The molecule has 1 saturated heterocycles. The number of likely N-dealkylation sites (N-methyl/N-ethyl adjacent to an activating group) is 1. The standard InChI is InChI=1S/C14H19N3O2/c1-15-5-4-10-2-3-13-12(6-10)17(11-7-16-8-11)14(18)9-19-13/h2-3,6,11,15-16H,4-5,7-9H2,1H3. The monoisotopic (exact) mass is 261 g/mol. The van der Waals surface area contributed by atoms with Crippen LogP contribution < -0.4 is 20.3 Å². The van der Waals surface area contributed by atoms with Gasteiger partial charge in [-0.3, -0.25) is 4.79 Å². The van der Waals surface area contributed by atoms with Crippen molar-refractivity contribution in [1.29, 1.82) is 0 Å². The van der Waals surface area contributed by atoms with Gasteiger partial charge in [0.05, 0.1) is 11.7 Å². The molecule has 1 aromatic rings. The van der Waals surface area contributed by atoms with Crippen molar-refractivity contribution in [1.82, 2.24) is 10.6 Å². The number of ether oxygens (including phenoxy) is 1. The lowest BCUT2D eigenvalue weighted by atomic mass is 10.0. The maximum absolute atomic E-state index is 12.1. The number of hydrogen-bond acceptors (Lipinski definition) is 4. The number of amides is 1. The van der Waals surface area contributed by atoms with E-state index in [1.807, 2.05) is 18.0 Å². The average molecular weight is 261 g/mol. The van der Waals surface area contributed by atoms with Crippen LogP contribution in [0.4, 0.5) is 5.69 Å². The van der Waals surface area contributed by atoms with E-state index in [4.69, 9.17) is 4.74 Å². The molecule has 2 aliphatic rings. The number of carbonyl (C=O) groups excluding carboxylic acids is 1. The molecule has 0 radical (unpaired) electrons. The highest BCUT2D eigenvalue weighted by atomic mass is 16.5. The molecule has 3 rings (SSSR count). The van der Waals surface area contributed by atoms with Gasteiger partial charge in [0, 0.05) is 13.1 Å². The maximum atomic E-state index is 12.1.